The Kier molecular flexibility index (Phi) is 7.97. The predicted octanol–water partition coefficient (Wildman–Crippen LogP) is 2.62. The van der Waals surface area contributed by atoms with Crippen molar-refractivity contribution >= 4 is 11.8 Å². The number of carboxylic acids is 1. The molecule has 4 rings (SSSR count). The highest BCUT2D eigenvalue weighted by Gasteiger charge is 2.39. The highest BCUT2D eigenvalue weighted by Crippen LogP contribution is 2.34. The summed E-state index contributed by atoms with van der Waals surface area (Å²) in [4.78, 5) is 27.0. The van der Waals surface area contributed by atoms with E-state index in [-0.39, 0.29) is 5.41 Å². The van der Waals surface area contributed by atoms with E-state index in [0.717, 1.165) is 57.4 Å². The van der Waals surface area contributed by atoms with Gasteiger partial charge in [-0.15, -0.1) is 0 Å². The standard InChI is InChI=1S/C19H25N5O.C2HF3O2/c1-2-6-21-17(4-1)13-23-9-3-5-19(14-23)15-24(10-11-25-16-19)18-12-20-7-8-22-18;3-2(4,5)1(6)7/h1-2,4,6-8,12H,3,5,9-11,13-16H2;(H,6,7). The molecule has 174 valence electrons. The highest BCUT2D eigenvalue weighted by molar-refractivity contribution is 5.73. The van der Waals surface area contributed by atoms with E-state index >= 15 is 0 Å². The van der Waals surface area contributed by atoms with Crippen LogP contribution in [0.4, 0.5) is 19.0 Å². The minimum absolute atomic E-state index is 0.154. The molecule has 0 bridgehead atoms. The number of carbonyl (C=O) groups is 1. The third-order valence-corrected chi connectivity index (χ3v) is 5.41. The van der Waals surface area contributed by atoms with Crippen molar-refractivity contribution in [2.75, 3.05) is 44.3 Å². The maximum atomic E-state index is 10.6. The Hall–Kier alpha value is -2.79. The summed E-state index contributed by atoms with van der Waals surface area (Å²) < 4.78 is 37.7. The molecule has 4 heterocycles. The first kappa shape index (κ1) is 23.9. The molecule has 1 unspecified atom stereocenters. The number of ether oxygens (including phenoxy) is 1. The highest BCUT2D eigenvalue weighted by atomic mass is 19.4. The zero-order chi connectivity index (χ0) is 23.0. The summed E-state index contributed by atoms with van der Waals surface area (Å²) in [5.74, 6) is -1.80. The van der Waals surface area contributed by atoms with E-state index in [1.54, 1.807) is 12.4 Å². The number of piperidine rings is 1. The molecule has 2 aromatic heterocycles. The van der Waals surface area contributed by atoms with Crippen LogP contribution in [-0.2, 0) is 16.1 Å². The second-order valence-corrected chi connectivity index (χ2v) is 7.98. The average Bonchev–Trinajstić information content (AvgIpc) is 2.97. The first-order valence-electron chi connectivity index (χ1n) is 10.3. The van der Waals surface area contributed by atoms with Crippen molar-refractivity contribution in [3.05, 3.63) is 48.7 Å². The molecule has 1 N–H and O–H groups in total. The van der Waals surface area contributed by atoms with Crippen LogP contribution < -0.4 is 4.90 Å². The summed E-state index contributed by atoms with van der Waals surface area (Å²) in [7, 11) is 0. The van der Waals surface area contributed by atoms with E-state index < -0.39 is 12.1 Å². The van der Waals surface area contributed by atoms with Crippen LogP contribution in [0.25, 0.3) is 0 Å². The van der Waals surface area contributed by atoms with E-state index in [1.165, 1.54) is 12.8 Å². The Morgan fingerprint density at radius 1 is 1.16 bits per heavy atom. The van der Waals surface area contributed by atoms with E-state index in [1.807, 2.05) is 18.5 Å². The number of nitrogens with zero attached hydrogens (tertiary/aromatic N) is 5. The molecule has 0 aliphatic carbocycles. The van der Waals surface area contributed by atoms with Gasteiger partial charge in [0.2, 0.25) is 0 Å². The number of aromatic nitrogens is 3. The molecule has 0 aromatic carbocycles. The van der Waals surface area contributed by atoms with Crippen LogP contribution in [0.5, 0.6) is 0 Å². The molecule has 0 saturated carbocycles. The van der Waals surface area contributed by atoms with Crippen molar-refractivity contribution < 1.29 is 27.8 Å². The van der Waals surface area contributed by atoms with Gasteiger partial charge >= 0.3 is 12.1 Å². The fraction of sp³-hybridized carbons (Fsp3) is 0.524. The Morgan fingerprint density at radius 2 is 1.97 bits per heavy atom. The third-order valence-electron chi connectivity index (χ3n) is 5.41. The zero-order valence-corrected chi connectivity index (χ0v) is 17.5. The van der Waals surface area contributed by atoms with Crippen molar-refractivity contribution in [3.8, 4) is 0 Å². The van der Waals surface area contributed by atoms with Gasteiger partial charge in [0.05, 0.1) is 25.1 Å². The minimum atomic E-state index is -5.08. The quantitative estimate of drug-likeness (QED) is 0.759. The van der Waals surface area contributed by atoms with Crippen molar-refractivity contribution in [1.29, 1.82) is 0 Å². The third kappa shape index (κ3) is 6.86. The van der Waals surface area contributed by atoms with Gasteiger partial charge in [0, 0.05) is 50.2 Å². The van der Waals surface area contributed by atoms with Crippen molar-refractivity contribution in [2.45, 2.75) is 25.6 Å². The van der Waals surface area contributed by atoms with Crippen LogP contribution in [0.2, 0.25) is 0 Å². The molecular weight excluding hydrogens is 427 g/mol. The monoisotopic (exact) mass is 453 g/mol. The summed E-state index contributed by atoms with van der Waals surface area (Å²) in [6, 6.07) is 6.14. The minimum Gasteiger partial charge on any atom is -0.475 e. The molecule has 0 amide bonds. The Labute approximate surface area is 184 Å². The smallest absolute Gasteiger partial charge is 0.475 e. The van der Waals surface area contributed by atoms with Gasteiger partial charge in [0.15, 0.2) is 0 Å². The second kappa shape index (κ2) is 10.7. The normalized spacial score (nSPS) is 22.0. The number of pyridine rings is 1. The molecule has 0 radical (unpaired) electrons. The number of anilines is 1. The van der Waals surface area contributed by atoms with Crippen LogP contribution in [0.1, 0.15) is 18.5 Å². The number of likely N-dealkylation sites (tertiary alicyclic amines) is 1. The lowest BCUT2D eigenvalue weighted by molar-refractivity contribution is -0.192. The topological polar surface area (TPSA) is 91.7 Å². The molecule has 32 heavy (non-hydrogen) atoms. The van der Waals surface area contributed by atoms with E-state index in [2.05, 4.69) is 36.9 Å². The lowest BCUT2D eigenvalue weighted by Crippen LogP contribution is -2.50. The Bertz CT molecular complexity index is 857. The van der Waals surface area contributed by atoms with Crippen LogP contribution in [0.15, 0.2) is 43.0 Å². The van der Waals surface area contributed by atoms with Crippen LogP contribution >= 0.6 is 0 Å². The fourth-order valence-electron chi connectivity index (χ4n) is 4.06. The van der Waals surface area contributed by atoms with Gasteiger partial charge in [-0.25, -0.2) is 9.78 Å². The van der Waals surface area contributed by atoms with Crippen molar-refractivity contribution in [3.63, 3.8) is 0 Å². The molecule has 2 saturated heterocycles. The molecule has 1 atom stereocenters. The van der Waals surface area contributed by atoms with Gasteiger partial charge in [0.25, 0.3) is 0 Å². The number of alkyl halides is 3. The predicted molar refractivity (Wildman–Crippen MR) is 110 cm³/mol. The molecular formula is C21H26F3N5O3. The van der Waals surface area contributed by atoms with Crippen molar-refractivity contribution in [1.82, 2.24) is 19.9 Å². The summed E-state index contributed by atoms with van der Waals surface area (Å²) in [6.07, 6.45) is 4.53. The van der Waals surface area contributed by atoms with Gasteiger partial charge in [-0.05, 0) is 31.5 Å². The van der Waals surface area contributed by atoms with E-state index in [4.69, 9.17) is 14.6 Å². The maximum absolute atomic E-state index is 10.6. The summed E-state index contributed by atoms with van der Waals surface area (Å²) in [6.45, 7) is 6.50. The molecule has 2 aliphatic rings. The summed E-state index contributed by atoms with van der Waals surface area (Å²) in [5, 5.41) is 7.12. The van der Waals surface area contributed by atoms with Crippen LogP contribution in [-0.4, -0.2) is 76.5 Å². The van der Waals surface area contributed by atoms with Gasteiger partial charge in [-0.3, -0.25) is 14.9 Å². The number of aliphatic carboxylic acids is 1. The molecule has 1 spiro atoms. The first-order valence-corrected chi connectivity index (χ1v) is 10.3. The lowest BCUT2D eigenvalue weighted by Gasteiger charge is -2.43. The van der Waals surface area contributed by atoms with Gasteiger partial charge < -0.3 is 14.7 Å². The fourth-order valence-corrected chi connectivity index (χ4v) is 4.06. The van der Waals surface area contributed by atoms with E-state index in [9.17, 15) is 13.2 Å². The van der Waals surface area contributed by atoms with Crippen molar-refractivity contribution in [2.24, 2.45) is 5.41 Å². The molecule has 2 fully saturated rings. The number of carboxylic acid groups (broad SMARTS) is 1. The Morgan fingerprint density at radius 3 is 2.62 bits per heavy atom. The van der Waals surface area contributed by atoms with Gasteiger partial charge in [-0.1, -0.05) is 6.07 Å². The number of hydrogen-bond acceptors (Lipinski definition) is 7. The number of hydrogen-bond donors (Lipinski definition) is 1. The summed E-state index contributed by atoms with van der Waals surface area (Å²) in [5.41, 5.74) is 1.29. The summed E-state index contributed by atoms with van der Waals surface area (Å²) >= 11 is 0. The average molecular weight is 453 g/mol. The maximum Gasteiger partial charge on any atom is 0.490 e. The van der Waals surface area contributed by atoms with Gasteiger partial charge in [0.1, 0.15) is 5.82 Å². The van der Waals surface area contributed by atoms with Crippen LogP contribution in [0.3, 0.4) is 0 Å². The Balaban J connectivity index is 0.000000360. The molecule has 2 aliphatic heterocycles. The number of halogens is 3. The SMILES string of the molecule is O=C(O)C(F)(F)F.c1ccc(CN2CCCC3(COCCN(c4cnccn4)C3)C2)nc1. The lowest BCUT2D eigenvalue weighted by atomic mass is 9.80. The first-order chi connectivity index (χ1) is 15.3. The van der Waals surface area contributed by atoms with Crippen LogP contribution in [0, 0.1) is 5.41 Å². The molecule has 8 nitrogen and oxygen atoms in total. The van der Waals surface area contributed by atoms with E-state index in [0.29, 0.717) is 0 Å². The second-order valence-electron chi connectivity index (χ2n) is 7.98. The zero-order valence-electron chi connectivity index (χ0n) is 17.5. The number of rotatable bonds is 3. The van der Waals surface area contributed by atoms with Gasteiger partial charge in [-0.2, -0.15) is 13.2 Å². The largest absolute Gasteiger partial charge is 0.490 e. The molecule has 11 heteroatoms. The molecule has 2 aromatic rings.